The topological polar surface area (TPSA) is 55.1 Å². The molecule has 4 nitrogen and oxygen atoms in total. The molecule has 0 bridgehead atoms. The van der Waals surface area contributed by atoms with E-state index in [-0.39, 0.29) is 11.8 Å². The van der Waals surface area contributed by atoms with E-state index in [1.807, 2.05) is 12.1 Å². The van der Waals surface area contributed by atoms with E-state index in [2.05, 4.69) is 10.5 Å². The fourth-order valence-electron chi connectivity index (χ4n) is 1.92. The molecular weight excluding hydrogens is 323 g/mol. The van der Waals surface area contributed by atoms with Gasteiger partial charge in [-0.3, -0.25) is 10.1 Å². The van der Waals surface area contributed by atoms with Crippen LogP contribution in [0, 0.1) is 0 Å². The fraction of sp³-hybridized carbons (Fsp3) is 0. The summed E-state index contributed by atoms with van der Waals surface area (Å²) < 4.78 is 5.12. The van der Waals surface area contributed by atoms with E-state index in [0.29, 0.717) is 21.3 Å². The van der Waals surface area contributed by atoms with Crippen molar-refractivity contribution in [2.45, 2.75) is 0 Å². The van der Waals surface area contributed by atoms with E-state index in [1.165, 1.54) is 0 Å². The lowest BCUT2D eigenvalue weighted by atomic mass is 10.1. The Hall–Kier alpha value is -2.30. The van der Waals surface area contributed by atoms with E-state index in [1.54, 1.807) is 42.5 Å². The highest BCUT2D eigenvalue weighted by atomic mass is 35.5. The first-order chi connectivity index (χ1) is 10.6. The van der Waals surface area contributed by atoms with Gasteiger partial charge in [-0.2, -0.15) is 0 Å². The first-order valence-corrected chi connectivity index (χ1v) is 7.17. The molecule has 0 aliphatic carbocycles. The molecule has 0 saturated carbocycles. The van der Waals surface area contributed by atoms with E-state index in [4.69, 9.17) is 27.7 Å². The molecule has 3 rings (SSSR count). The van der Waals surface area contributed by atoms with Crippen LogP contribution < -0.4 is 5.32 Å². The summed E-state index contributed by atoms with van der Waals surface area (Å²) in [7, 11) is 0. The summed E-state index contributed by atoms with van der Waals surface area (Å²) in [6, 6.07) is 15.6. The first-order valence-electron chi connectivity index (χ1n) is 6.42. The molecule has 0 spiro atoms. The monoisotopic (exact) mass is 332 g/mol. The SMILES string of the molecule is O=C(Nc1cc(-c2ccc(Cl)cc2)no1)c1ccccc1Cl. The summed E-state index contributed by atoms with van der Waals surface area (Å²) in [4.78, 5) is 12.1. The van der Waals surface area contributed by atoms with Gasteiger partial charge >= 0.3 is 0 Å². The number of nitrogens with zero attached hydrogens (tertiary/aromatic N) is 1. The Morgan fingerprint density at radius 2 is 1.77 bits per heavy atom. The lowest BCUT2D eigenvalue weighted by Gasteiger charge is -2.02. The molecule has 0 aliphatic heterocycles. The zero-order valence-corrected chi connectivity index (χ0v) is 12.7. The van der Waals surface area contributed by atoms with Gasteiger partial charge in [0.25, 0.3) is 5.91 Å². The second kappa shape index (κ2) is 6.22. The number of carbonyl (C=O) groups excluding carboxylic acids is 1. The summed E-state index contributed by atoms with van der Waals surface area (Å²) >= 11 is 11.8. The zero-order chi connectivity index (χ0) is 15.5. The van der Waals surface area contributed by atoms with Crippen molar-refractivity contribution in [2.75, 3.05) is 5.32 Å². The zero-order valence-electron chi connectivity index (χ0n) is 11.2. The van der Waals surface area contributed by atoms with Gasteiger partial charge in [0.05, 0.1) is 10.6 Å². The van der Waals surface area contributed by atoms with Crippen LogP contribution in [0.3, 0.4) is 0 Å². The maximum absolute atomic E-state index is 12.1. The first kappa shape index (κ1) is 14.6. The second-order valence-corrected chi connectivity index (χ2v) is 5.36. The van der Waals surface area contributed by atoms with E-state index < -0.39 is 0 Å². The Morgan fingerprint density at radius 3 is 2.50 bits per heavy atom. The van der Waals surface area contributed by atoms with Crippen LogP contribution in [0.5, 0.6) is 0 Å². The number of nitrogens with one attached hydrogen (secondary N) is 1. The van der Waals surface area contributed by atoms with E-state index >= 15 is 0 Å². The average Bonchev–Trinajstić information content (AvgIpc) is 2.97. The van der Waals surface area contributed by atoms with Crippen molar-refractivity contribution in [1.82, 2.24) is 5.16 Å². The molecule has 1 N–H and O–H groups in total. The van der Waals surface area contributed by atoms with Crippen LogP contribution in [0.2, 0.25) is 10.0 Å². The predicted molar refractivity (Wildman–Crippen MR) is 86.4 cm³/mol. The second-order valence-electron chi connectivity index (χ2n) is 4.52. The minimum atomic E-state index is -0.357. The molecule has 0 unspecified atom stereocenters. The highest BCUT2D eigenvalue weighted by Gasteiger charge is 2.13. The average molecular weight is 333 g/mol. The smallest absolute Gasteiger partial charge is 0.259 e. The summed E-state index contributed by atoms with van der Waals surface area (Å²) in [6.45, 7) is 0. The molecule has 1 amide bonds. The summed E-state index contributed by atoms with van der Waals surface area (Å²) in [5, 5.41) is 7.55. The maximum atomic E-state index is 12.1. The van der Waals surface area contributed by atoms with Gasteiger partial charge in [-0.15, -0.1) is 0 Å². The van der Waals surface area contributed by atoms with Crippen LogP contribution in [-0.4, -0.2) is 11.1 Å². The molecule has 1 aromatic heterocycles. The maximum Gasteiger partial charge on any atom is 0.259 e. The van der Waals surface area contributed by atoms with E-state index in [9.17, 15) is 4.79 Å². The van der Waals surface area contributed by atoms with Crippen LogP contribution in [-0.2, 0) is 0 Å². The third-order valence-corrected chi connectivity index (χ3v) is 3.59. The lowest BCUT2D eigenvalue weighted by molar-refractivity contribution is 0.102. The van der Waals surface area contributed by atoms with Crippen molar-refractivity contribution in [3.63, 3.8) is 0 Å². The lowest BCUT2D eigenvalue weighted by Crippen LogP contribution is -2.11. The van der Waals surface area contributed by atoms with Crippen LogP contribution in [0.15, 0.2) is 59.1 Å². The molecule has 2 aromatic carbocycles. The van der Waals surface area contributed by atoms with Crippen LogP contribution in [0.1, 0.15) is 10.4 Å². The van der Waals surface area contributed by atoms with Crippen LogP contribution >= 0.6 is 23.2 Å². The number of hydrogen-bond donors (Lipinski definition) is 1. The molecule has 1 heterocycles. The van der Waals surface area contributed by atoms with E-state index in [0.717, 1.165) is 5.56 Å². The fourth-order valence-corrected chi connectivity index (χ4v) is 2.26. The van der Waals surface area contributed by atoms with Gasteiger partial charge in [0.1, 0.15) is 5.69 Å². The van der Waals surface area contributed by atoms with Crippen molar-refractivity contribution in [3.8, 4) is 11.3 Å². The van der Waals surface area contributed by atoms with Gasteiger partial charge in [-0.1, -0.05) is 52.6 Å². The van der Waals surface area contributed by atoms with Crippen LogP contribution in [0.4, 0.5) is 5.88 Å². The minimum Gasteiger partial charge on any atom is -0.338 e. The number of halogens is 2. The highest BCUT2D eigenvalue weighted by molar-refractivity contribution is 6.34. The Labute approximate surface area is 136 Å². The Bertz CT molecular complexity index is 813. The Balaban J connectivity index is 1.78. The summed E-state index contributed by atoms with van der Waals surface area (Å²) in [6.07, 6.45) is 0. The molecule has 0 aliphatic rings. The molecule has 0 atom stereocenters. The van der Waals surface area contributed by atoms with Gasteiger partial charge in [0.15, 0.2) is 0 Å². The normalized spacial score (nSPS) is 10.5. The molecule has 6 heteroatoms. The number of hydrogen-bond acceptors (Lipinski definition) is 3. The Kier molecular flexibility index (Phi) is 4.13. The number of aromatic nitrogens is 1. The largest absolute Gasteiger partial charge is 0.338 e. The number of carbonyl (C=O) groups is 1. The van der Waals surface area contributed by atoms with Gasteiger partial charge in [0, 0.05) is 16.7 Å². The van der Waals surface area contributed by atoms with Crippen molar-refractivity contribution < 1.29 is 9.32 Å². The van der Waals surface area contributed by atoms with Crippen molar-refractivity contribution >= 4 is 35.0 Å². The predicted octanol–water partition coefficient (Wildman–Crippen LogP) is 4.90. The number of benzene rings is 2. The molecule has 0 fully saturated rings. The van der Waals surface area contributed by atoms with Gasteiger partial charge < -0.3 is 4.52 Å². The minimum absolute atomic E-state index is 0.245. The van der Waals surface area contributed by atoms with Crippen molar-refractivity contribution in [1.29, 1.82) is 0 Å². The summed E-state index contributed by atoms with van der Waals surface area (Å²) in [5.41, 5.74) is 1.81. The number of amides is 1. The number of rotatable bonds is 3. The molecule has 0 saturated heterocycles. The Morgan fingerprint density at radius 1 is 1.05 bits per heavy atom. The standard InChI is InChI=1S/C16H10Cl2N2O2/c17-11-7-5-10(6-8-11)14-9-15(22-20-14)19-16(21)12-3-1-2-4-13(12)18/h1-9H,(H,19,21). The van der Waals surface area contributed by atoms with Crippen LogP contribution in [0.25, 0.3) is 11.3 Å². The molecule has 0 radical (unpaired) electrons. The van der Waals surface area contributed by atoms with Gasteiger partial charge in [-0.05, 0) is 24.3 Å². The van der Waals surface area contributed by atoms with Crippen molar-refractivity contribution in [2.24, 2.45) is 0 Å². The molecular formula is C16H10Cl2N2O2. The summed E-state index contributed by atoms with van der Waals surface area (Å²) in [5.74, 6) is -0.112. The van der Waals surface area contributed by atoms with Gasteiger partial charge in [-0.25, -0.2) is 0 Å². The number of anilines is 1. The molecule has 110 valence electrons. The third kappa shape index (κ3) is 3.13. The highest BCUT2D eigenvalue weighted by Crippen LogP contribution is 2.24. The third-order valence-electron chi connectivity index (χ3n) is 3.01. The van der Waals surface area contributed by atoms with Crippen molar-refractivity contribution in [3.05, 3.63) is 70.2 Å². The van der Waals surface area contributed by atoms with Gasteiger partial charge in [0.2, 0.25) is 5.88 Å². The quantitative estimate of drug-likeness (QED) is 0.742. The molecule has 3 aromatic rings. The molecule has 22 heavy (non-hydrogen) atoms.